The maximum atomic E-state index is 9.18. The smallest absolute Gasteiger partial charge is 0.118 e. The fourth-order valence-electron chi connectivity index (χ4n) is 3.50. The fourth-order valence-corrected chi connectivity index (χ4v) is 6.00. The molecule has 0 aliphatic rings. The van der Waals surface area contributed by atoms with E-state index >= 15 is 0 Å². The minimum Gasteiger partial charge on any atom is -0.497 e. The number of methoxy groups -OCH3 is 1. The third-order valence-electron chi connectivity index (χ3n) is 5.71. The number of benzene rings is 1. The van der Waals surface area contributed by atoms with Gasteiger partial charge in [0.05, 0.1) is 33.9 Å². The van der Waals surface area contributed by atoms with Gasteiger partial charge in [0.15, 0.2) is 0 Å². The molecule has 0 amide bonds. The van der Waals surface area contributed by atoms with Crippen LogP contribution in [0.15, 0.2) is 24.3 Å². The lowest BCUT2D eigenvalue weighted by Crippen LogP contribution is -2.47. The largest absolute Gasteiger partial charge is 0.497 e. The summed E-state index contributed by atoms with van der Waals surface area (Å²) in [6, 6.07) is 9.95. The summed E-state index contributed by atoms with van der Waals surface area (Å²) in [5, 5.41) is 19.8. The van der Waals surface area contributed by atoms with Crippen LogP contribution in [0.4, 0.5) is 0 Å². The number of aliphatic hydroxyl groups is 2. The lowest BCUT2D eigenvalue weighted by Gasteiger charge is -2.24. The summed E-state index contributed by atoms with van der Waals surface area (Å²) in [6.07, 6.45) is 10.6. The molecule has 27 heavy (non-hydrogen) atoms. The second-order valence-electron chi connectivity index (χ2n) is 8.62. The second kappa shape index (κ2) is 12.6. The lowest BCUT2D eigenvalue weighted by molar-refractivity contribution is 0.112. The van der Waals surface area contributed by atoms with Crippen molar-refractivity contribution in [2.45, 2.75) is 82.5 Å². The van der Waals surface area contributed by atoms with Gasteiger partial charge in [-0.1, -0.05) is 87.8 Å². The quantitative estimate of drug-likeness (QED) is 0.312. The first-order valence-electron chi connectivity index (χ1n) is 10.5. The summed E-state index contributed by atoms with van der Waals surface area (Å²) in [6.45, 7) is 4.63. The van der Waals surface area contributed by atoms with E-state index in [-0.39, 0.29) is 13.2 Å². The van der Waals surface area contributed by atoms with Crippen molar-refractivity contribution in [3.05, 3.63) is 24.3 Å². The van der Waals surface area contributed by atoms with Crippen molar-refractivity contribution in [1.29, 1.82) is 0 Å². The molecule has 0 unspecified atom stereocenters. The predicted molar refractivity (Wildman–Crippen MR) is 118 cm³/mol. The number of hydrogen-bond donors (Lipinski definition) is 3. The average molecular weight is 396 g/mol. The number of aliphatic hydroxyl groups excluding tert-OH is 2. The molecule has 0 bridgehead atoms. The highest BCUT2D eigenvalue weighted by Crippen LogP contribution is 2.19. The molecule has 1 aromatic carbocycles. The van der Waals surface area contributed by atoms with Crippen LogP contribution >= 0.6 is 0 Å². The van der Waals surface area contributed by atoms with E-state index in [1.54, 1.807) is 7.11 Å². The van der Waals surface area contributed by atoms with Crippen LogP contribution in [0.25, 0.3) is 0 Å². The maximum Gasteiger partial charge on any atom is 0.118 e. The summed E-state index contributed by atoms with van der Waals surface area (Å²) in [5.74, 6) is 0.970. The molecule has 0 saturated heterocycles. The molecule has 4 nitrogen and oxygen atoms in total. The van der Waals surface area contributed by atoms with E-state index in [1.165, 1.54) is 49.8 Å². The highest BCUT2D eigenvalue weighted by atomic mass is 28.3. The van der Waals surface area contributed by atoms with Crippen LogP contribution < -0.4 is 15.7 Å². The Morgan fingerprint density at radius 1 is 0.926 bits per heavy atom. The van der Waals surface area contributed by atoms with Gasteiger partial charge in [-0.3, -0.25) is 0 Å². The molecule has 0 radical (unpaired) electrons. The Bertz CT molecular complexity index is 518. The second-order valence-corrected chi connectivity index (χ2v) is 13.5. The van der Waals surface area contributed by atoms with Crippen molar-refractivity contribution in [1.82, 2.24) is 0 Å². The number of unbranched alkanes of at least 4 members (excludes halogenated alkanes) is 7. The standard InChI is InChI=1S/C22H41NO3Si/c1-26-20-13-12-14-21(17-20)27(2,3)16-11-9-7-5-4-6-8-10-15-22(23,18-24)19-25/h12-14,17,24-25H,4-11,15-16,18-19,23H2,1-3H3. The Labute approximate surface area is 167 Å². The van der Waals surface area contributed by atoms with Gasteiger partial charge in [0.1, 0.15) is 5.75 Å². The van der Waals surface area contributed by atoms with Crippen molar-refractivity contribution in [2.75, 3.05) is 20.3 Å². The molecule has 0 aliphatic heterocycles. The third kappa shape index (κ3) is 9.24. The van der Waals surface area contributed by atoms with Crippen LogP contribution in [-0.4, -0.2) is 44.1 Å². The van der Waals surface area contributed by atoms with Crippen molar-refractivity contribution in [3.63, 3.8) is 0 Å². The zero-order chi connectivity index (χ0) is 20.2. The van der Waals surface area contributed by atoms with Gasteiger partial charge in [-0.15, -0.1) is 0 Å². The van der Waals surface area contributed by atoms with Crippen LogP contribution in [0, 0.1) is 0 Å². The Morgan fingerprint density at radius 3 is 2.04 bits per heavy atom. The van der Waals surface area contributed by atoms with Crippen molar-refractivity contribution in [3.8, 4) is 5.75 Å². The molecular weight excluding hydrogens is 354 g/mol. The molecular formula is C22H41NO3Si. The highest BCUT2D eigenvalue weighted by Gasteiger charge is 2.23. The fraction of sp³-hybridized carbons (Fsp3) is 0.727. The molecule has 1 rings (SSSR count). The summed E-state index contributed by atoms with van der Waals surface area (Å²) >= 11 is 0. The van der Waals surface area contributed by atoms with Crippen molar-refractivity contribution >= 4 is 13.3 Å². The average Bonchev–Trinajstić information content (AvgIpc) is 2.69. The van der Waals surface area contributed by atoms with Crippen LogP contribution in [0.2, 0.25) is 19.1 Å². The van der Waals surface area contributed by atoms with Crippen molar-refractivity contribution < 1.29 is 14.9 Å². The van der Waals surface area contributed by atoms with E-state index in [0.29, 0.717) is 6.42 Å². The molecule has 0 fully saturated rings. The molecule has 0 spiro atoms. The molecule has 0 atom stereocenters. The zero-order valence-electron chi connectivity index (χ0n) is 17.7. The summed E-state index contributed by atoms with van der Waals surface area (Å²) in [5.41, 5.74) is 5.09. The SMILES string of the molecule is COc1cccc([Si](C)(C)CCCCCCCCCCC(N)(CO)CO)c1. The van der Waals surface area contributed by atoms with E-state index < -0.39 is 13.6 Å². The first-order chi connectivity index (χ1) is 12.9. The molecule has 156 valence electrons. The van der Waals surface area contributed by atoms with Gasteiger partial charge in [0, 0.05) is 0 Å². The summed E-state index contributed by atoms with van der Waals surface area (Å²) in [4.78, 5) is 0. The van der Waals surface area contributed by atoms with Crippen LogP contribution in [0.3, 0.4) is 0 Å². The Morgan fingerprint density at radius 2 is 1.48 bits per heavy atom. The molecule has 5 heteroatoms. The number of nitrogens with two attached hydrogens (primary N) is 1. The first kappa shape index (κ1) is 24.2. The number of ether oxygens (including phenoxy) is 1. The Balaban J connectivity index is 2.10. The van der Waals surface area contributed by atoms with Gasteiger partial charge in [-0.05, 0) is 18.6 Å². The number of hydrogen-bond acceptors (Lipinski definition) is 4. The van der Waals surface area contributed by atoms with Gasteiger partial charge < -0.3 is 20.7 Å². The van der Waals surface area contributed by atoms with Gasteiger partial charge in [0.2, 0.25) is 0 Å². The topological polar surface area (TPSA) is 75.7 Å². The Kier molecular flexibility index (Phi) is 11.2. The van der Waals surface area contributed by atoms with Crippen molar-refractivity contribution in [2.24, 2.45) is 5.73 Å². The van der Waals surface area contributed by atoms with E-state index in [4.69, 9.17) is 10.5 Å². The molecule has 0 aliphatic carbocycles. The molecule has 4 N–H and O–H groups in total. The predicted octanol–water partition coefficient (Wildman–Crippen LogP) is 3.80. The Hall–Kier alpha value is -0.883. The van der Waals surface area contributed by atoms with E-state index in [2.05, 4.69) is 31.3 Å². The zero-order valence-corrected chi connectivity index (χ0v) is 18.7. The lowest BCUT2D eigenvalue weighted by atomic mass is 9.94. The van der Waals surface area contributed by atoms with Crippen LogP contribution in [0.1, 0.15) is 57.8 Å². The molecule has 1 aromatic rings. The molecule has 0 aromatic heterocycles. The third-order valence-corrected chi connectivity index (χ3v) is 9.18. The summed E-state index contributed by atoms with van der Waals surface area (Å²) < 4.78 is 5.37. The monoisotopic (exact) mass is 395 g/mol. The normalized spacial score (nSPS) is 12.4. The minimum absolute atomic E-state index is 0.140. The maximum absolute atomic E-state index is 9.18. The highest BCUT2D eigenvalue weighted by molar-refractivity contribution is 6.89. The minimum atomic E-state index is -1.37. The van der Waals surface area contributed by atoms with E-state index in [9.17, 15) is 10.2 Å². The molecule has 0 saturated carbocycles. The summed E-state index contributed by atoms with van der Waals surface area (Å²) in [7, 11) is 0.364. The first-order valence-corrected chi connectivity index (χ1v) is 13.7. The van der Waals surface area contributed by atoms with Crippen LogP contribution in [-0.2, 0) is 0 Å². The number of rotatable bonds is 15. The van der Waals surface area contributed by atoms with Gasteiger partial charge in [-0.2, -0.15) is 0 Å². The molecule has 0 heterocycles. The van der Waals surface area contributed by atoms with Gasteiger partial charge >= 0.3 is 0 Å². The van der Waals surface area contributed by atoms with Crippen LogP contribution in [0.5, 0.6) is 5.75 Å². The van der Waals surface area contributed by atoms with E-state index in [0.717, 1.165) is 18.6 Å². The van der Waals surface area contributed by atoms with Gasteiger partial charge in [0.25, 0.3) is 0 Å². The van der Waals surface area contributed by atoms with E-state index in [1.807, 2.05) is 6.07 Å². The van der Waals surface area contributed by atoms with Gasteiger partial charge in [-0.25, -0.2) is 0 Å².